The Morgan fingerprint density at radius 3 is 3.12 bits per heavy atom. The van der Waals surface area contributed by atoms with E-state index in [1.165, 1.54) is 16.8 Å². The van der Waals surface area contributed by atoms with Gasteiger partial charge in [0.15, 0.2) is 12.3 Å². The first kappa shape index (κ1) is 9.76. The Hall–Kier alpha value is -1.44. The summed E-state index contributed by atoms with van der Waals surface area (Å²) in [5.74, 6) is 0. The van der Waals surface area contributed by atoms with Gasteiger partial charge in [-0.25, -0.2) is 0 Å². The van der Waals surface area contributed by atoms with Crippen molar-refractivity contribution in [2.75, 3.05) is 6.61 Å². The van der Waals surface area contributed by atoms with Crippen LogP contribution in [0.4, 0.5) is 0 Å². The van der Waals surface area contributed by atoms with E-state index < -0.39 is 30.1 Å². The van der Waals surface area contributed by atoms with E-state index in [9.17, 15) is 9.90 Å². The lowest BCUT2D eigenvalue weighted by molar-refractivity contribution is -0.0548. The molecule has 86 valence electrons. The predicted octanol–water partition coefficient (Wildman–Crippen LogP) is -1.75. The van der Waals surface area contributed by atoms with Gasteiger partial charge in [-0.15, -0.1) is 0 Å². The molecule has 0 spiro atoms. The minimum atomic E-state index is -0.867. The number of hydrogen-bond donors (Lipinski definition) is 2. The third-order valence-electron chi connectivity index (χ3n) is 2.81. The maximum atomic E-state index is 11.1. The summed E-state index contributed by atoms with van der Waals surface area (Å²) >= 11 is 0. The number of aliphatic hydroxyl groups excluding tert-OH is 2. The largest absolute Gasteiger partial charge is 0.455 e. The molecular formula is C9H10N2O5. The van der Waals surface area contributed by atoms with Crippen LogP contribution in [0.3, 0.4) is 0 Å². The summed E-state index contributed by atoms with van der Waals surface area (Å²) in [6, 6.07) is 1.37. The second kappa shape index (κ2) is 3.27. The van der Waals surface area contributed by atoms with E-state index in [0.29, 0.717) is 0 Å². The van der Waals surface area contributed by atoms with Crippen molar-refractivity contribution in [2.45, 2.75) is 24.5 Å². The van der Waals surface area contributed by atoms with Crippen LogP contribution < -0.4 is 10.3 Å². The molecule has 3 rings (SSSR count). The van der Waals surface area contributed by atoms with Gasteiger partial charge in [0, 0.05) is 12.3 Å². The van der Waals surface area contributed by atoms with E-state index in [-0.39, 0.29) is 12.6 Å². The van der Waals surface area contributed by atoms with E-state index in [4.69, 9.17) is 14.6 Å². The number of hydrogen-bond acceptors (Lipinski definition) is 6. The van der Waals surface area contributed by atoms with Crippen molar-refractivity contribution in [1.82, 2.24) is 9.55 Å². The number of aliphatic hydroxyl groups is 2. The molecule has 1 saturated heterocycles. The molecule has 2 aliphatic rings. The lowest BCUT2D eigenvalue weighted by atomic mass is 10.1. The molecule has 2 aliphatic heterocycles. The van der Waals surface area contributed by atoms with Crippen LogP contribution in [-0.2, 0) is 4.74 Å². The van der Waals surface area contributed by atoms with Crippen LogP contribution in [-0.4, -0.2) is 44.7 Å². The highest BCUT2D eigenvalue weighted by molar-refractivity contribution is 5.10. The van der Waals surface area contributed by atoms with Crippen molar-refractivity contribution in [3.05, 3.63) is 22.6 Å². The molecule has 1 aromatic rings. The van der Waals surface area contributed by atoms with Gasteiger partial charge in [0.1, 0.15) is 12.2 Å². The summed E-state index contributed by atoms with van der Waals surface area (Å²) in [7, 11) is 0. The molecule has 7 nitrogen and oxygen atoms in total. The lowest BCUT2D eigenvalue weighted by Crippen LogP contribution is -2.43. The molecule has 0 unspecified atom stereocenters. The second-order valence-corrected chi connectivity index (χ2v) is 3.78. The fraction of sp³-hybridized carbons (Fsp3) is 0.556. The zero-order valence-electron chi connectivity index (χ0n) is 8.18. The zero-order chi connectivity index (χ0) is 11.3. The van der Waals surface area contributed by atoms with Crippen molar-refractivity contribution < 1.29 is 19.7 Å². The topological polar surface area (TPSA) is 93.8 Å². The molecule has 1 aromatic heterocycles. The minimum Gasteiger partial charge on any atom is -0.455 e. The third-order valence-corrected chi connectivity index (χ3v) is 2.81. The number of rotatable bonds is 1. The molecule has 0 aliphatic carbocycles. The Kier molecular flexibility index (Phi) is 2.00. The van der Waals surface area contributed by atoms with Gasteiger partial charge in [-0.05, 0) is 0 Å². The lowest BCUT2D eigenvalue weighted by Gasteiger charge is -2.27. The van der Waals surface area contributed by atoms with Crippen molar-refractivity contribution in [2.24, 2.45) is 0 Å². The number of nitrogens with zero attached hydrogens (tertiary/aromatic N) is 2. The monoisotopic (exact) mass is 226 g/mol. The van der Waals surface area contributed by atoms with Crippen molar-refractivity contribution in [3.8, 4) is 6.01 Å². The summed E-state index contributed by atoms with van der Waals surface area (Å²) in [5.41, 5.74) is -0.414. The van der Waals surface area contributed by atoms with Gasteiger partial charge in [0.2, 0.25) is 0 Å². The first-order chi connectivity index (χ1) is 7.70. The number of ether oxygens (including phenoxy) is 2. The maximum Gasteiger partial charge on any atom is 0.302 e. The second-order valence-electron chi connectivity index (χ2n) is 3.78. The molecule has 0 radical (unpaired) electrons. The maximum absolute atomic E-state index is 11.1. The first-order valence-corrected chi connectivity index (χ1v) is 4.91. The third kappa shape index (κ3) is 1.19. The smallest absolute Gasteiger partial charge is 0.302 e. The fourth-order valence-corrected chi connectivity index (χ4v) is 2.04. The highest BCUT2D eigenvalue weighted by atomic mass is 16.6. The predicted molar refractivity (Wildman–Crippen MR) is 49.9 cm³/mol. The van der Waals surface area contributed by atoms with E-state index >= 15 is 0 Å². The van der Waals surface area contributed by atoms with E-state index in [1.807, 2.05) is 0 Å². The Morgan fingerprint density at radius 2 is 2.38 bits per heavy atom. The molecule has 7 heteroatoms. The summed E-state index contributed by atoms with van der Waals surface area (Å²) in [4.78, 5) is 14.7. The fourth-order valence-electron chi connectivity index (χ4n) is 2.04. The van der Waals surface area contributed by atoms with Crippen LogP contribution in [0, 0.1) is 0 Å². The normalized spacial score (nSPS) is 35.6. The molecule has 4 atom stereocenters. The molecule has 3 heterocycles. The molecule has 1 fully saturated rings. The Bertz CT molecular complexity index is 473. The average molecular weight is 226 g/mol. The van der Waals surface area contributed by atoms with Gasteiger partial charge in [-0.1, -0.05) is 0 Å². The molecule has 2 N–H and O–H groups in total. The molecule has 0 saturated carbocycles. The molecular weight excluding hydrogens is 216 g/mol. The van der Waals surface area contributed by atoms with Gasteiger partial charge >= 0.3 is 6.01 Å². The van der Waals surface area contributed by atoms with Crippen molar-refractivity contribution >= 4 is 0 Å². The zero-order valence-corrected chi connectivity index (χ0v) is 8.18. The van der Waals surface area contributed by atoms with Gasteiger partial charge in [0.25, 0.3) is 5.56 Å². The van der Waals surface area contributed by atoms with Crippen LogP contribution >= 0.6 is 0 Å². The standard InChI is InChI=1S/C9H10N2O5/c12-3-4-7-6(14)8(15-4)11-2-1-5(13)10-9(11)16-7/h1-2,4,6-8,12,14H,3H2/t4-,6-,7-,8-/m1/s1. The van der Waals surface area contributed by atoms with Gasteiger partial charge in [-0.2, -0.15) is 4.98 Å². The van der Waals surface area contributed by atoms with Crippen LogP contribution in [0.2, 0.25) is 0 Å². The molecule has 2 bridgehead atoms. The quantitative estimate of drug-likeness (QED) is 0.590. The van der Waals surface area contributed by atoms with E-state index in [1.54, 1.807) is 0 Å². The van der Waals surface area contributed by atoms with Gasteiger partial charge in [-0.3, -0.25) is 9.36 Å². The van der Waals surface area contributed by atoms with Crippen LogP contribution in [0.1, 0.15) is 6.23 Å². The summed E-state index contributed by atoms with van der Waals surface area (Å²) in [5, 5.41) is 18.9. The first-order valence-electron chi connectivity index (χ1n) is 4.91. The average Bonchev–Trinajstić information content (AvgIpc) is 2.49. The number of fused-ring (bicyclic) bond motifs is 4. The molecule has 0 amide bonds. The van der Waals surface area contributed by atoms with Crippen LogP contribution in [0.15, 0.2) is 17.1 Å². The molecule has 16 heavy (non-hydrogen) atoms. The summed E-state index contributed by atoms with van der Waals surface area (Å²) in [6.45, 7) is -0.253. The minimum absolute atomic E-state index is 0.115. The molecule has 0 aromatic carbocycles. The summed E-state index contributed by atoms with van der Waals surface area (Å²) in [6.07, 6.45) is -1.34. The Balaban J connectivity index is 2.07. The van der Waals surface area contributed by atoms with E-state index in [2.05, 4.69) is 4.98 Å². The van der Waals surface area contributed by atoms with Crippen molar-refractivity contribution in [3.63, 3.8) is 0 Å². The van der Waals surface area contributed by atoms with Crippen LogP contribution in [0.5, 0.6) is 6.01 Å². The SMILES string of the molecule is O=c1ccn2c(n1)O[C@H]1[C@@H](O)[C@H]2O[C@@H]1CO. The van der Waals surface area contributed by atoms with Gasteiger partial charge < -0.3 is 19.7 Å². The summed E-state index contributed by atoms with van der Waals surface area (Å²) < 4.78 is 12.2. The van der Waals surface area contributed by atoms with Crippen molar-refractivity contribution in [1.29, 1.82) is 0 Å². The van der Waals surface area contributed by atoms with Crippen LogP contribution in [0.25, 0.3) is 0 Å². The van der Waals surface area contributed by atoms with Gasteiger partial charge in [0.05, 0.1) is 6.61 Å². The Labute approximate surface area is 89.9 Å². The Morgan fingerprint density at radius 1 is 1.56 bits per heavy atom. The highest BCUT2D eigenvalue weighted by Crippen LogP contribution is 2.37. The number of aromatic nitrogens is 2. The van der Waals surface area contributed by atoms with E-state index in [0.717, 1.165) is 0 Å². The highest BCUT2D eigenvalue weighted by Gasteiger charge is 2.50.